The molecule has 252 valence electrons. The fourth-order valence-corrected chi connectivity index (χ4v) is 5.18. The second-order valence-electron chi connectivity index (χ2n) is 11.9. The number of ketones is 1. The Kier molecular flexibility index (Phi) is 11.8. The zero-order chi connectivity index (χ0) is 34.8. The molecule has 0 fully saturated rings. The maximum atomic E-state index is 13.0. The zero-order valence-corrected chi connectivity index (χ0v) is 29.0. The maximum Gasteiger partial charge on any atom is 0.343 e. The SMILES string of the molecule is CN(C)c1cc[n+](CCOc2ccc(C(=O)Cc3ccc(OC(=O)c4ccc(OCC[n+]5ccc(N(C)C)cc5)cc4)c(Cl)c3)cc2)cc1. The van der Waals surface area contributed by atoms with Gasteiger partial charge in [0, 0.05) is 75.8 Å². The summed E-state index contributed by atoms with van der Waals surface area (Å²) < 4.78 is 21.4. The lowest BCUT2D eigenvalue weighted by atomic mass is 10.0. The van der Waals surface area contributed by atoms with Gasteiger partial charge < -0.3 is 24.0 Å². The van der Waals surface area contributed by atoms with Crippen molar-refractivity contribution >= 4 is 34.7 Å². The third-order valence-corrected chi connectivity index (χ3v) is 8.14. The lowest BCUT2D eigenvalue weighted by Gasteiger charge is -2.11. The van der Waals surface area contributed by atoms with Crippen LogP contribution in [0.25, 0.3) is 0 Å². The molecule has 0 saturated carbocycles. The van der Waals surface area contributed by atoms with Crippen molar-refractivity contribution in [3.8, 4) is 17.2 Å². The quantitative estimate of drug-likeness (QED) is 0.0595. The number of hydrogen-bond acceptors (Lipinski definition) is 7. The Labute approximate surface area is 292 Å². The number of pyridine rings is 2. The summed E-state index contributed by atoms with van der Waals surface area (Å²) in [6.45, 7) is 2.37. The molecule has 0 spiro atoms. The highest BCUT2D eigenvalue weighted by atomic mass is 35.5. The number of aromatic nitrogens is 2. The summed E-state index contributed by atoms with van der Waals surface area (Å²) in [6, 6.07) is 27.1. The first-order chi connectivity index (χ1) is 23.6. The van der Waals surface area contributed by atoms with E-state index in [0.29, 0.717) is 54.5 Å². The highest BCUT2D eigenvalue weighted by Crippen LogP contribution is 2.27. The Balaban J connectivity index is 1.06. The molecule has 0 aliphatic rings. The number of Topliss-reactive ketones (excluding diaryl/α,β-unsaturated/α-hetero) is 1. The second kappa shape index (κ2) is 16.6. The molecule has 0 unspecified atom stereocenters. The van der Waals surface area contributed by atoms with Crippen LogP contribution in [0.5, 0.6) is 17.2 Å². The van der Waals surface area contributed by atoms with Gasteiger partial charge in [0.1, 0.15) is 30.5 Å². The predicted molar refractivity (Wildman–Crippen MR) is 190 cm³/mol. The van der Waals surface area contributed by atoms with Gasteiger partial charge in [-0.1, -0.05) is 17.7 Å². The highest BCUT2D eigenvalue weighted by molar-refractivity contribution is 6.32. The van der Waals surface area contributed by atoms with Crippen LogP contribution in [0.4, 0.5) is 11.4 Å². The van der Waals surface area contributed by atoms with E-state index in [0.717, 1.165) is 11.4 Å². The molecule has 49 heavy (non-hydrogen) atoms. The lowest BCUT2D eigenvalue weighted by molar-refractivity contribution is -0.697. The van der Waals surface area contributed by atoms with E-state index in [4.69, 9.17) is 25.8 Å². The number of carbonyl (C=O) groups is 2. The van der Waals surface area contributed by atoms with Gasteiger partial charge in [-0.3, -0.25) is 4.79 Å². The number of esters is 1. The van der Waals surface area contributed by atoms with Gasteiger partial charge in [0.15, 0.2) is 43.7 Å². The molecule has 0 bridgehead atoms. The lowest BCUT2D eigenvalue weighted by Crippen LogP contribution is -2.35. The molecule has 0 atom stereocenters. The first kappa shape index (κ1) is 34.9. The van der Waals surface area contributed by atoms with E-state index in [2.05, 4.69) is 21.6 Å². The fourth-order valence-electron chi connectivity index (χ4n) is 4.94. The number of hydrogen-bond donors (Lipinski definition) is 0. The van der Waals surface area contributed by atoms with Gasteiger partial charge in [0.25, 0.3) is 0 Å². The van der Waals surface area contributed by atoms with E-state index in [-0.39, 0.29) is 23.0 Å². The van der Waals surface area contributed by atoms with Gasteiger partial charge in [0.05, 0.1) is 10.6 Å². The molecule has 10 heteroatoms. The third-order valence-electron chi connectivity index (χ3n) is 7.85. The molecular weight excluding hydrogens is 640 g/mol. The molecule has 9 nitrogen and oxygen atoms in total. The van der Waals surface area contributed by atoms with Crippen molar-refractivity contribution in [1.82, 2.24) is 0 Å². The van der Waals surface area contributed by atoms with Crippen LogP contribution in [-0.2, 0) is 19.5 Å². The number of nitrogens with zero attached hydrogens (tertiary/aromatic N) is 4. The molecule has 2 heterocycles. The minimum atomic E-state index is -0.544. The van der Waals surface area contributed by atoms with Crippen LogP contribution in [0.1, 0.15) is 26.3 Å². The largest absolute Gasteiger partial charge is 0.487 e. The van der Waals surface area contributed by atoms with E-state index in [1.54, 1.807) is 66.7 Å². The zero-order valence-electron chi connectivity index (χ0n) is 28.2. The monoisotopic (exact) mass is 680 g/mol. The first-order valence-electron chi connectivity index (χ1n) is 16.0. The summed E-state index contributed by atoms with van der Waals surface area (Å²) in [5, 5.41) is 0.243. The Bertz CT molecular complexity index is 1840. The molecule has 0 aliphatic carbocycles. The van der Waals surface area contributed by atoms with Crippen molar-refractivity contribution in [2.24, 2.45) is 0 Å². The van der Waals surface area contributed by atoms with Crippen molar-refractivity contribution in [3.63, 3.8) is 0 Å². The second-order valence-corrected chi connectivity index (χ2v) is 12.3. The summed E-state index contributed by atoms with van der Waals surface area (Å²) >= 11 is 6.45. The predicted octanol–water partition coefficient (Wildman–Crippen LogP) is 5.85. The molecule has 0 aliphatic heterocycles. The van der Waals surface area contributed by atoms with E-state index in [1.807, 2.05) is 74.6 Å². The van der Waals surface area contributed by atoms with E-state index in [1.165, 1.54) is 0 Å². The van der Waals surface area contributed by atoms with Gasteiger partial charge in [-0.2, -0.15) is 0 Å². The minimum absolute atomic E-state index is 0.0629. The molecule has 5 aromatic rings. The molecule has 5 rings (SSSR count). The summed E-state index contributed by atoms with van der Waals surface area (Å²) in [6.07, 6.45) is 8.21. The van der Waals surface area contributed by atoms with Gasteiger partial charge in [0.2, 0.25) is 0 Å². The normalized spacial score (nSPS) is 10.7. The van der Waals surface area contributed by atoms with E-state index in [9.17, 15) is 9.59 Å². The van der Waals surface area contributed by atoms with Gasteiger partial charge in [-0.05, 0) is 66.2 Å². The highest BCUT2D eigenvalue weighted by Gasteiger charge is 2.14. The van der Waals surface area contributed by atoms with Crippen LogP contribution in [0.2, 0.25) is 5.02 Å². The molecule has 0 saturated heterocycles. The van der Waals surface area contributed by atoms with Crippen molar-refractivity contribution in [2.45, 2.75) is 19.5 Å². The number of halogens is 1. The molecule has 2 aromatic heterocycles. The van der Waals surface area contributed by atoms with Crippen LogP contribution < -0.4 is 33.1 Å². The Morgan fingerprint density at radius 1 is 0.633 bits per heavy atom. The summed E-state index contributed by atoms with van der Waals surface area (Å²) in [5.74, 6) is 0.953. The molecule has 0 N–H and O–H groups in total. The fraction of sp³-hybridized carbons (Fsp3) is 0.231. The third kappa shape index (κ3) is 10.0. The van der Waals surface area contributed by atoms with Gasteiger partial charge in [-0.25, -0.2) is 13.9 Å². The summed E-state index contributed by atoms with van der Waals surface area (Å²) in [5.41, 5.74) is 3.90. The summed E-state index contributed by atoms with van der Waals surface area (Å²) in [7, 11) is 8.02. The number of anilines is 2. The number of rotatable bonds is 15. The van der Waals surface area contributed by atoms with Crippen LogP contribution in [-0.4, -0.2) is 53.2 Å². The molecular formula is C39H41ClN4O5+2. The molecule has 0 radical (unpaired) electrons. The number of ether oxygens (including phenoxy) is 3. The Morgan fingerprint density at radius 2 is 1.10 bits per heavy atom. The van der Waals surface area contributed by atoms with E-state index < -0.39 is 5.97 Å². The Hall–Kier alpha value is -5.41. The average molecular weight is 681 g/mol. The van der Waals surface area contributed by atoms with Crippen molar-refractivity contribution in [2.75, 3.05) is 51.2 Å². The first-order valence-corrected chi connectivity index (χ1v) is 16.3. The number of benzene rings is 3. The standard InChI is InChI=1S/C39H41ClN4O5/c1-41(2)32-15-19-43(20-16-32)23-25-47-34-10-6-30(7-11-34)37(45)28-29-5-14-38(36(40)27-29)49-39(46)31-8-12-35(13-9-31)48-26-24-44-21-17-33(18-22-44)42(3)4/h5-22,27H,23-26,28H2,1-4H3/q+2. The average Bonchev–Trinajstić information content (AvgIpc) is 3.10. The minimum Gasteiger partial charge on any atom is -0.487 e. The van der Waals surface area contributed by atoms with Crippen molar-refractivity contribution in [3.05, 3.63) is 137 Å². The van der Waals surface area contributed by atoms with Crippen LogP contribution in [0, 0.1) is 0 Å². The Morgan fingerprint density at radius 3 is 1.55 bits per heavy atom. The molecule has 0 amide bonds. The maximum absolute atomic E-state index is 13.0. The van der Waals surface area contributed by atoms with E-state index >= 15 is 0 Å². The van der Waals surface area contributed by atoms with Crippen molar-refractivity contribution < 1.29 is 32.9 Å². The van der Waals surface area contributed by atoms with Crippen LogP contribution in [0.15, 0.2) is 116 Å². The van der Waals surface area contributed by atoms with Gasteiger partial charge >= 0.3 is 5.97 Å². The van der Waals surface area contributed by atoms with Crippen LogP contribution >= 0.6 is 11.6 Å². The van der Waals surface area contributed by atoms with Crippen molar-refractivity contribution in [1.29, 1.82) is 0 Å². The topological polar surface area (TPSA) is 76.1 Å². The van der Waals surface area contributed by atoms with Gasteiger partial charge in [-0.15, -0.1) is 0 Å². The molecule has 3 aromatic carbocycles. The van der Waals surface area contributed by atoms with Crippen LogP contribution in [0.3, 0.4) is 0 Å². The smallest absolute Gasteiger partial charge is 0.343 e. The summed E-state index contributed by atoms with van der Waals surface area (Å²) in [4.78, 5) is 29.9. The number of carbonyl (C=O) groups excluding carboxylic acids is 2.